The van der Waals surface area contributed by atoms with Crippen LogP contribution < -0.4 is 4.74 Å². The molecule has 1 aromatic carbocycles. The smallest absolute Gasteiger partial charge is 0.199 e. The largest absolute Gasteiger partial charge is 0.465 e. The van der Waals surface area contributed by atoms with Crippen molar-refractivity contribution in [3.05, 3.63) is 36.4 Å². The molecule has 2 heteroatoms. The first-order chi connectivity index (χ1) is 6.80. The molecule has 0 saturated heterocycles. The van der Waals surface area contributed by atoms with Crippen LogP contribution in [-0.2, 0) is 4.74 Å². The van der Waals surface area contributed by atoms with Gasteiger partial charge in [-0.15, -0.1) is 0 Å². The Balaban J connectivity index is 2.63. The molecule has 0 spiro atoms. The molecule has 76 valence electrons. The molecule has 1 aromatic rings. The molecule has 1 unspecified atom stereocenters. The van der Waals surface area contributed by atoms with Gasteiger partial charge in [-0.05, 0) is 17.7 Å². The lowest BCUT2D eigenvalue weighted by Gasteiger charge is -2.15. The van der Waals surface area contributed by atoms with Crippen LogP contribution in [0.2, 0.25) is 0 Å². The van der Waals surface area contributed by atoms with E-state index in [1.54, 1.807) is 13.2 Å². The molecule has 0 aliphatic carbocycles. The highest BCUT2D eigenvalue weighted by Gasteiger charge is 2.04. The van der Waals surface area contributed by atoms with Crippen molar-refractivity contribution in [3.63, 3.8) is 0 Å². The van der Waals surface area contributed by atoms with Gasteiger partial charge in [0, 0.05) is 13.5 Å². The molecule has 0 fully saturated rings. The normalized spacial score (nSPS) is 12.1. The van der Waals surface area contributed by atoms with Gasteiger partial charge in [0.15, 0.2) is 6.29 Å². The van der Waals surface area contributed by atoms with Gasteiger partial charge in [-0.2, -0.15) is 0 Å². The Bertz CT molecular complexity index is 273. The van der Waals surface area contributed by atoms with E-state index in [9.17, 15) is 0 Å². The highest BCUT2D eigenvalue weighted by Crippen LogP contribution is 2.15. The fourth-order valence-corrected chi connectivity index (χ4v) is 1.13. The predicted molar refractivity (Wildman–Crippen MR) is 58.2 cm³/mol. The SMILES string of the molecule is C=Cc1ccc(OC(CC)OC)cc1. The van der Waals surface area contributed by atoms with Gasteiger partial charge in [-0.3, -0.25) is 0 Å². The molecule has 0 heterocycles. The molecule has 0 aliphatic rings. The summed E-state index contributed by atoms with van der Waals surface area (Å²) in [4.78, 5) is 0. The molecular formula is C12H16O2. The van der Waals surface area contributed by atoms with E-state index in [-0.39, 0.29) is 6.29 Å². The summed E-state index contributed by atoms with van der Waals surface area (Å²) in [5.74, 6) is 0.823. The summed E-state index contributed by atoms with van der Waals surface area (Å²) < 4.78 is 10.7. The summed E-state index contributed by atoms with van der Waals surface area (Å²) in [6.45, 7) is 5.71. The van der Waals surface area contributed by atoms with Gasteiger partial charge in [0.25, 0.3) is 0 Å². The minimum absolute atomic E-state index is 0.162. The molecule has 0 bridgehead atoms. The Kier molecular flexibility index (Phi) is 4.20. The van der Waals surface area contributed by atoms with E-state index in [0.29, 0.717) is 0 Å². The van der Waals surface area contributed by atoms with Crippen molar-refractivity contribution < 1.29 is 9.47 Å². The van der Waals surface area contributed by atoms with Crippen LogP contribution >= 0.6 is 0 Å². The Morgan fingerprint density at radius 3 is 2.43 bits per heavy atom. The summed E-state index contributed by atoms with van der Waals surface area (Å²) in [6, 6.07) is 7.76. The van der Waals surface area contributed by atoms with E-state index >= 15 is 0 Å². The zero-order valence-corrected chi connectivity index (χ0v) is 8.69. The van der Waals surface area contributed by atoms with Crippen LogP contribution in [0.15, 0.2) is 30.8 Å². The number of hydrogen-bond acceptors (Lipinski definition) is 2. The van der Waals surface area contributed by atoms with Crippen molar-refractivity contribution in [1.29, 1.82) is 0 Å². The highest BCUT2D eigenvalue weighted by atomic mass is 16.7. The number of methoxy groups -OCH3 is 1. The van der Waals surface area contributed by atoms with Crippen molar-refractivity contribution in [2.45, 2.75) is 19.6 Å². The fourth-order valence-electron chi connectivity index (χ4n) is 1.13. The van der Waals surface area contributed by atoms with Crippen LogP contribution in [0.25, 0.3) is 6.08 Å². The molecular weight excluding hydrogens is 176 g/mol. The molecule has 14 heavy (non-hydrogen) atoms. The average Bonchev–Trinajstić information content (AvgIpc) is 2.26. The number of rotatable bonds is 5. The summed E-state index contributed by atoms with van der Waals surface area (Å²) in [5.41, 5.74) is 1.09. The quantitative estimate of drug-likeness (QED) is 0.667. The van der Waals surface area contributed by atoms with Crippen LogP contribution in [0, 0.1) is 0 Å². The Morgan fingerprint density at radius 2 is 2.00 bits per heavy atom. The Hall–Kier alpha value is -1.28. The number of hydrogen-bond donors (Lipinski definition) is 0. The molecule has 2 nitrogen and oxygen atoms in total. The van der Waals surface area contributed by atoms with Crippen LogP contribution in [0.3, 0.4) is 0 Å². The van der Waals surface area contributed by atoms with Crippen LogP contribution in [0.4, 0.5) is 0 Å². The van der Waals surface area contributed by atoms with E-state index < -0.39 is 0 Å². The monoisotopic (exact) mass is 192 g/mol. The molecule has 0 saturated carbocycles. The minimum Gasteiger partial charge on any atom is -0.465 e. The lowest BCUT2D eigenvalue weighted by Crippen LogP contribution is -2.17. The lowest BCUT2D eigenvalue weighted by molar-refractivity contribution is -0.0548. The number of ether oxygens (including phenoxy) is 2. The van der Waals surface area contributed by atoms with Crippen LogP contribution in [-0.4, -0.2) is 13.4 Å². The van der Waals surface area contributed by atoms with Gasteiger partial charge in [-0.1, -0.05) is 31.7 Å². The van der Waals surface area contributed by atoms with E-state index in [1.165, 1.54) is 0 Å². The average molecular weight is 192 g/mol. The summed E-state index contributed by atoms with van der Waals surface area (Å²) >= 11 is 0. The fraction of sp³-hybridized carbons (Fsp3) is 0.333. The third kappa shape index (κ3) is 2.89. The molecule has 0 aliphatic heterocycles. The minimum atomic E-state index is -0.162. The first-order valence-electron chi connectivity index (χ1n) is 4.72. The van der Waals surface area contributed by atoms with E-state index in [2.05, 4.69) is 6.58 Å². The standard InChI is InChI=1S/C12H16O2/c1-4-10-6-8-11(9-7-10)14-12(5-2)13-3/h4,6-9,12H,1,5H2,2-3H3. The zero-order chi connectivity index (χ0) is 10.4. The molecule has 0 amide bonds. The van der Waals surface area contributed by atoms with Gasteiger partial charge >= 0.3 is 0 Å². The van der Waals surface area contributed by atoms with Crippen molar-refractivity contribution in [2.75, 3.05) is 7.11 Å². The van der Waals surface area contributed by atoms with E-state index in [4.69, 9.17) is 9.47 Å². The van der Waals surface area contributed by atoms with Gasteiger partial charge in [0.1, 0.15) is 5.75 Å². The predicted octanol–water partition coefficient (Wildman–Crippen LogP) is 3.09. The van der Waals surface area contributed by atoms with Crippen LogP contribution in [0.5, 0.6) is 5.75 Å². The first kappa shape index (κ1) is 10.8. The Morgan fingerprint density at radius 1 is 1.36 bits per heavy atom. The van der Waals surface area contributed by atoms with E-state index in [1.807, 2.05) is 31.2 Å². The summed E-state index contributed by atoms with van der Waals surface area (Å²) in [6.07, 6.45) is 2.47. The van der Waals surface area contributed by atoms with Crippen molar-refractivity contribution >= 4 is 6.08 Å². The second-order valence-corrected chi connectivity index (χ2v) is 2.96. The van der Waals surface area contributed by atoms with Gasteiger partial charge < -0.3 is 9.47 Å². The van der Waals surface area contributed by atoms with Crippen molar-refractivity contribution in [3.8, 4) is 5.75 Å². The molecule has 0 N–H and O–H groups in total. The number of benzene rings is 1. The third-order valence-corrected chi connectivity index (χ3v) is 1.98. The summed E-state index contributed by atoms with van der Waals surface area (Å²) in [5, 5.41) is 0. The van der Waals surface area contributed by atoms with Gasteiger partial charge in [-0.25, -0.2) is 0 Å². The van der Waals surface area contributed by atoms with Gasteiger partial charge in [0.05, 0.1) is 0 Å². The molecule has 1 rings (SSSR count). The van der Waals surface area contributed by atoms with Crippen molar-refractivity contribution in [2.24, 2.45) is 0 Å². The topological polar surface area (TPSA) is 18.5 Å². The van der Waals surface area contributed by atoms with Crippen LogP contribution in [0.1, 0.15) is 18.9 Å². The Labute approximate surface area is 85.2 Å². The zero-order valence-electron chi connectivity index (χ0n) is 8.69. The third-order valence-electron chi connectivity index (χ3n) is 1.98. The molecule has 1 atom stereocenters. The van der Waals surface area contributed by atoms with E-state index in [0.717, 1.165) is 17.7 Å². The van der Waals surface area contributed by atoms with Crippen molar-refractivity contribution in [1.82, 2.24) is 0 Å². The lowest BCUT2D eigenvalue weighted by atomic mass is 10.2. The maximum Gasteiger partial charge on any atom is 0.199 e. The molecule has 0 radical (unpaired) electrons. The molecule has 0 aromatic heterocycles. The first-order valence-corrected chi connectivity index (χ1v) is 4.72. The summed E-state index contributed by atoms with van der Waals surface area (Å²) in [7, 11) is 1.65. The second-order valence-electron chi connectivity index (χ2n) is 2.96. The van der Waals surface area contributed by atoms with Gasteiger partial charge in [0.2, 0.25) is 0 Å². The second kappa shape index (κ2) is 5.45. The maximum atomic E-state index is 5.56. The maximum absolute atomic E-state index is 5.56. The highest BCUT2D eigenvalue weighted by molar-refractivity contribution is 5.48.